The highest BCUT2D eigenvalue weighted by Crippen LogP contribution is 2.33. The lowest BCUT2D eigenvalue weighted by Crippen LogP contribution is -2.51. The predicted octanol–water partition coefficient (Wildman–Crippen LogP) is 4.72. The molecule has 2 aromatic rings. The second-order valence-electron chi connectivity index (χ2n) is 6.61. The molecule has 0 aromatic heterocycles. The van der Waals surface area contributed by atoms with Gasteiger partial charge in [-0.3, -0.25) is 4.79 Å². The Morgan fingerprint density at radius 1 is 1.19 bits per heavy atom. The number of alkyl halides is 3. The number of methoxy groups -OCH3 is 1. The maximum Gasteiger partial charge on any atom is 0.408 e. The summed E-state index contributed by atoms with van der Waals surface area (Å²) in [5.41, 5.74) is 0.861. The van der Waals surface area contributed by atoms with Crippen molar-refractivity contribution in [2.24, 2.45) is 0 Å². The van der Waals surface area contributed by atoms with E-state index >= 15 is 0 Å². The first-order valence-electron chi connectivity index (χ1n) is 8.82. The number of piperidine rings is 1. The van der Waals surface area contributed by atoms with Crippen molar-refractivity contribution in [3.63, 3.8) is 0 Å². The molecule has 3 rings (SSSR count). The van der Waals surface area contributed by atoms with Crippen molar-refractivity contribution in [2.45, 2.75) is 44.3 Å². The number of fused-ring (bicyclic) bond motifs is 1. The maximum absolute atomic E-state index is 13.2. The van der Waals surface area contributed by atoms with Crippen molar-refractivity contribution in [1.82, 2.24) is 4.90 Å². The SMILES string of the molecule is COc1ccc2ccccc2c1CCC(=O)N1CCCCC1C(F)(F)F. The van der Waals surface area contributed by atoms with Gasteiger partial charge >= 0.3 is 6.18 Å². The van der Waals surface area contributed by atoms with Crippen LogP contribution < -0.4 is 4.74 Å². The molecule has 1 heterocycles. The summed E-state index contributed by atoms with van der Waals surface area (Å²) in [5, 5.41) is 1.98. The molecule has 1 fully saturated rings. The van der Waals surface area contributed by atoms with Crippen molar-refractivity contribution in [3.05, 3.63) is 42.0 Å². The average molecular weight is 365 g/mol. The van der Waals surface area contributed by atoms with E-state index in [1.54, 1.807) is 7.11 Å². The molecule has 0 bridgehead atoms. The van der Waals surface area contributed by atoms with Crippen LogP contribution in [0.25, 0.3) is 10.8 Å². The molecule has 0 saturated carbocycles. The molecule has 2 aromatic carbocycles. The highest BCUT2D eigenvalue weighted by atomic mass is 19.4. The largest absolute Gasteiger partial charge is 0.496 e. The van der Waals surface area contributed by atoms with E-state index in [4.69, 9.17) is 4.74 Å². The minimum atomic E-state index is -4.37. The Balaban J connectivity index is 1.80. The molecule has 1 aliphatic rings. The normalized spacial score (nSPS) is 18.2. The molecule has 140 valence electrons. The van der Waals surface area contributed by atoms with E-state index < -0.39 is 18.1 Å². The molecule has 1 saturated heterocycles. The summed E-state index contributed by atoms with van der Waals surface area (Å²) in [7, 11) is 1.56. The van der Waals surface area contributed by atoms with E-state index in [-0.39, 0.29) is 19.4 Å². The number of aryl methyl sites for hydroxylation is 1. The van der Waals surface area contributed by atoms with Gasteiger partial charge in [0.15, 0.2) is 0 Å². The molecule has 26 heavy (non-hydrogen) atoms. The van der Waals surface area contributed by atoms with Crippen LogP contribution in [-0.2, 0) is 11.2 Å². The fourth-order valence-corrected chi connectivity index (χ4v) is 3.71. The van der Waals surface area contributed by atoms with Gasteiger partial charge in [-0.1, -0.05) is 30.3 Å². The first kappa shape index (κ1) is 18.5. The van der Waals surface area contributed by atoms with E-state index in [9.17, 15) is 18.0 Å². The van der Waals surface area contributed by atoms with E-state index in [1.165, 1.54) is 0 Å². The minimum Gasteiger partial charge on any atom is -0.496 e. The number of rotatable bonds is 4. The number of carbonyl (C=O) groups is 1. The lowest BCUT2D eigenvalue weighted by atomic mass is 9.97. The van der Waals surface area contributed by atoms with Crippen LogP contribution >= 0.6 is 0 Å². The molecular weight excluding hydrogens is 343 g/mol. The zero-order valence-electron chi connectivity index (χ0n) is 14.7. The zero-order chi connectivity index (χ0) is 18.7. The van der Waals surface area contributed by atoms with Crippen molar-refractivity contribution in [3.8, 4) is 5.75 Å². The maximum atomic E-state index is 13.2. The standard InChI is InChI=1S/C20H22F3NO2/c1-26-17-11-9-14-6-2-3-7-15(14)16(17)10-12-19(25)24-13-5-4-8-18(24)20(21,22)23/h2-3,6-7,9,11,18H,4-5,8,10,12-13H2,1H3. The van der Waals surface area contributed by atoms with Crippen LogP contribution in [0, 0.1) is 0 Å². The van der Waals surface area contributed by atoms with Gasteiger partial charge in [-0.05, 0) is 42.5 Å². The third-order valence-electron chi connectivity index (χ3n) is 5.01. The van der Waals surface area contributed by atoms with E-state index in [0.29, 0.717) is 25.0 Å². The zero-order valence-corrected chi connectivity index (χ0v) is 14.7. The highest BCUT2D eigenvalue weighted by molar-refractivity contribution is 5.88. The van der Waals surface area contributed by atoms with E-state index in [1.807, 2.05) is 36.4 Å². The lowest BCUT2D eigenvalue weighted by molar-refractivity contribution is -0.195. The predicted molar refractivity (Wildman–Crippen MR) is 94.2 cm³/mol. The van der Waals surface area contributed by atoms with Gasteiger partial charge in [0.25, 0.3) is 0 Å². The van der Waals surface area contributed by atoms with Gasteiger partial charge in [-0.2, -0.15) is 13.2 Å². The molecule has 1 amide bonds. The second-order valence-corrected chi connectivity index (χ2v) is 6.61. The number of amides is 1. The molecular formula is C20H22F3NO2. The quantitative estimate of drug-likeness (QED) is 0.784. The number of carbonyl (C=O) groups excluding carboxylic acids is 1. The molecule has 3 nitrogen and oxygen atoms in total. The monoisotopic (exact) mass is 365 g/mol. The Morgan fingerprint density at radius 2 is 1.96 bits per heavy atom. The fourth-order valence-electron chi connectivity index (χ4n) is 3.71. The Labute approximate surface area is 150 Å². The third-order valence-corrected chi connectivity index (χ3v) is 5.01. The Kier molecular flexibility index (Phi) is 5.39. The van der Waals surface area contributed by atoms with Crippen LogP contribution in [0.4, 0.5) is 13.2 Å². The van der Waals surface area contributed by atoms with E-state index in [2.05, 4.69) is 0 Å². The van der Waals surface area contributed by atoms with Gasteiger partial charge in [-0.15, -0.1) is 0 Å². The van der Waals surface area contributed by atoms with Crippen LogP contribution in [0.1, 0.15) is 31.2 Å². The van der Waals surface area contributed by atoms with Gasteiger partial charge in [0.2, 0.25) is 5.91 Å². The number of nitrogens with zero attached hydrogens (tertiary/aromatic N) is 1. The summed E-state index contributed by atoms with van der Waals surface area (Å²) in [6.45, 7) is 0.176. The summed E-state index contributed by atoms with van der Waals surface area (Å²) in [6.07, 6.45) is -2.86. The summed E-state index contributed by atoms with van der Waals surface area (Å²) in [5.74, 6) is 0.213. The van der Waals surface area contributed by atoms with Gasteiger partial charge in [0.05, 0.1) is 7.11 Å². The smallest absolute Gasteiger partial charge is 0.408 e. The van der Waals surface area contributed by atoms with Crippen molar-refractivity contribution < 1.29 is 22.7 Å². The number of benzene rings is 2. The number of halogens is 3. The fraction of sp³-hybridized carbons (Fsp3) is 0.450. The Bertz CT molecular complexity index is 788. The van der Waals surface area contributed by atoms with Crippen LogP contribution in [0.5, 0.6) is 5.75 Å². The van der Waals surface area contributed by atoms with Crippen molar-refractivity contribution >= 4 is 16.7 Å². The molecule has 0 N–H and O–H groups in total. The van der Waals surface area contributed by atoms with Crippen molar-refractivity contribution in [1.29, 1.82) is 0 Å². The summed E-state index contributed by atoms with van der Waals surface area (Å²) in [4.78, 5) is 13.6. The molecule has 0 radical (unpaired) electrons. The highest BCUT2D eigenvalue weighted by Gasteiger charge is 2.45. The van der Waals surface area contributed by atoms with Gasteiger partial charge in [0, 0.05) is 18.5 Å². The molecule has 1 atom stereocenters. The number of ether oxygens (including phenoxy) is 1. The van der Waals surface area contributed by atoms with Crippen LogP contribution in [-0.4, -0.2) is 36.7 Å². The second kappa shape index (κ2) is 7.56. The van der Waals surface area contributed by atoms with E-state index in [0.717, 1.165) is 21.2 Å². The summed E-state index contributed by atoms with van der Waals surface area (Å²) < 4.78 is 45.1. The summed E-state index contributed by atoms with van der Waals surface area (Å²) in [6, 6.07) is 9.84. The minimum absolute atomic E-state index is 0.00711. The summed E-state index contributed by atoms with van der Waals surface area (Å²) >= 11 is 0. The van der Waals surface area contributed by atoms with Gasteiger partial charge in [-0.25, -0.2) is 0 Å². The average Bonchev–Trinajstić information content (AvgIpc) is 2.65. The van der Waals surface area contributed by atoms with Crippen LogP contribution in [0.2, 0.25) is 0 Å². The van der Waals surface area contributed by atoms with Crippen molar-refractivity contribution in [2.75, 3.05) is 13.7 Å². The Morgan fingerprint density at radius 3 is 2.69 bits per heavy atom. The molecule has 1 aliphatic heterocycles. The molecule has 0 aliphatic carbocycles. The molecule has 1 unspecified atom stereocenters. The number of likely N-dealkylation sites (tertiary alicyclic amines) is 1. The third kappa shape index (κ3) is 3.79. The first-order chi connectivity index (χ1) is 12.4. The Hall–Kier alpha value is -2.24. The first-order valence-corrected chi connectivity index (χ1v) is 8.82. The molecule has 0 spiro atoms. The van der Waals surface area contributed by atoms with Crippen LogP contribution in [0.15, 0.2) is 36.4 Å². The van der Waals surface area contributed by atoms with Gasteiger partial charge in [0.1, 0.15) is 11.8 Å². The number of hydrogen-bond acceptors (Lipinski definition) is 2. The van der Waals surface area contributed by atoms with Gasteiger partial charge < -0.3 is 9.64 Å². The van der Waals surface area contributed by atoms with Crippen LogP contribution in [0.3, 0.4) is 0 Å². The number of hydrogen-bond donors (Lipinski definition) is 0. The topological polar surface area (TPSA) is 29.5 Å². The lowest BCUT2D eigenvalue weighted by Gasteiger charge is -2.36. The molecule has 6 heteroatoms.